The summed E-state index contributed by atoms with van der Waals surface area (Å²) >= 11 is 1.30. The summed E-state index contributed by atoms with van der Waals surface area (Å²) in [6.45, 7) is 6.35. The SMILES string of the molecule is CCN(c1ccccc1)[C-](C1=CCc2ccccc21)C(C1=CCc2ccccc21)N(CC)c1ccccc1.[CH2]=[Zr].c1ccc2[cH-]ccc2c1.c1ccc2[cH-]ccc2c1. The molecule has 0 aromatic heterocycles. The molecule has 0 heterocycles. The van der Waals surface area contributed by atoms with E-state index in [1.165, 1.54) is 96.6 Å². The van der Waals surface area contributed by atoms with Gasteiger partial charge < -0.3 is 9.80 Å². The van der Waals surface area contributed by atoms with E-state index in [2.05, 4.69) is 234 Å². The molecule has 10 rings (SSSR count). The summed E-state index contributed by atoms with van der Waals surface area (Å²) in [5.41, 5.74) is 10.8. The minimum absolute atomic E-state index is 0.0589. The van der Waals surface area contributed by atoms with Crippen molar-refractivity contribution in [1.82, 2.24) is 0 Å². The van der Waals surface area contributed by atoms with E-state index < -0.39 is 0 Å². The van der Waals surface area contributed by atoms with Gasteiger partial charge in [-0.05, 0) is 61.2 Å². The van der Waals surface area contributed by atoms with E-state index in [4.69, 9.17) is 0 Å². The van der Waals surface area contributed by atoms with Gasteiger partial charge in [0, 0.05) is 24.5 Å². The number of allylic oxidation sites excluding steroid dienone is 2. The van der Waals surface area contributed by atoms with Crippen LogP contribution in [-0.4, -0.2) is 23.3 Å². The zero-order chi connectivity index (χ0) is 40.1. The number of likely N-dealkylation sites (N-methyl/N-ethyl adjacent to an activating group) is 2. The Morgan fingerprint density at radius 3 is 1.59 bits per heavy atom. The summed E-state index contributed by atoms with van der Waals surface area (Å²) in [6, 6.07) is 70.5. The van der Waals surface area contributed by atoms with Crippen LogP contribution >= 0.6 is 0 Å². The van der Waals surface area contributed by atoms with Crippen LogP contribution in [0.1, 0.15) is 36.1 Å². The minimum Gasteiger partial charge on any atom is -0.168 e. The molecule has 288 valence electrons. The molecule has 0 fully saturated rings. The molecule has 2 nitrogen and oxygen atoms in total. The molecule has 0 N–H and O–H groups in total. The number of rotatable bonds is 9. The smallest absolute Gasteiger partial charge is 0.0809 e. The van der Waals surface area contributed by atoms with Gasteiger partial charge in [0.1, 0.15) is 0 Å². The molecule has 0 saturated heterocycles. The Bertz CT molecular complexity index is 2320. The molecule has 8 aromatic carbocycles. The molecule has 8 aromatic rings. The molecule has 0 amide bonds. The topological polar surface area (TPSA) is 6.48 Å². The van der Waals surface area contributed by atoms with Gasteiger partial charge in [0.15, 0.2) is 0 Å². The molecule has 0 radical (unpaired) electrons. The third kappa shape index (κ3) is 9.02. The predicted octanol–water partition coefficient (Wildman–Crippen LogP) is 13.3. The Labute approximate surface area is 360 Å². The molecule has 0 aliphatic heterocycles. The van der Waals surface area contributed by atoms with Gasteiger partial charge in [-0.1, -0.05) is 110 Å². The van der Waals surface area contributed by atoms with E-state index in [0.717, 1.165) is 25.9 Å². The van der Waals surface area contributed by atoms with Crippen LogP contribution < -0.4 is 9.80 Å². The number of nitrogens with zero attached hydrogens (tertiary/aromatic N) is 2. The molecule has 3 heteroatoms. The maximum absolute atomic E-state index is 3.34. The minimum atomic E-state index is 0.0589. The van der Waals surface area contributed by atoms with E-state index in [1.54, 1.807) is 0 Å². The van der Waals surface area contributed by atoms with Crippen molar-refractivity contribution in [3.8, 4) is 0 Å². The number of anilines is 2. The van der Waals surface area contributed by atoms with Gasteiger partial charge in [0.25, 0.3) is 0 Å². The van der Waals surface area contributed by atoms with Gasteiger partial charge in [-0.15, -0.1) is 76.5 Å². The Balaban J connectivity index is 0.000000206. The van der Waals surface area contributed by atoms with Crippen LogP contribution in [0, 0.1) is 6.04 Å². The van der Waals surface area contributed by atoms with E-state index in [0.29, 0.717) is 0 Å². The Kier molecular flexibility index (Phi) is 14.0. The average Bonchev–Trinajstić information content (AvgIpc) is 4.14. The van der Waals surface area contributed by atoms with E-state index in [-0.39, 0.29) is 6.04 Å². The third-order valence-electron chi connectivity index (χ3n) is 11.0. The fourth-order valence-corrected chi connectivity index (χ4v) is 8.37. The molecule has 58 heavy (non-hydrogen) atoms. The van der Waals surface area contributed by atoms with Crippen molar-refractivity contribution >= 4 is 48.3 Å². The second kappa shape index (κ2) is 20.1. The summed E-state index contributed by atoms with van der Waals surface area (Å²) in [4.78, 5) is 5.14. The van der Waals surface area contributed by atoms with Crippen molar-refractivity contribution in [2.24, 2.45) is 0 Å². The normalized spacial score (nSPS) is 12.6. The molecule has 2 aliphatic rings. The zero-order valence-electron chi connectivity index (χ0n) is 33.6. The third-order valence-corrected chi connectivity index (χ3v) is 11.0. The average molecular weight is 831 g/mol. The number of hydrogen-bond donors (Lipinski definition) is 0. The molecule has 1 atom stereocenters. The molecule has 0 saturated carbocycles. The second-order valence-electron chi connectivity index (χ2n) is 14.3. The van der Waals surface area contributed by atoms with Gasteiger partial charge in [-0.2, -0.15) is 46.7 Å². The van der Waals surface area contributed by atoms with Crippen molar-refractivity contribution in [2.75, 3.05) is 22.9 Å². The molecular weight excluding hydrogens is 780 g/mol. The molecule has 0 spiro atoms. The van der Waals surface area contributed by atoms with E-state index in [9.17, 15) is 0 Å². The summed E-state index contributed by atoms with van der Waals surface area (Å²) in [5.74, 6) is 0. The maximum Gasteiger partial charge on any atom is -0.0809 e. The first kappa shape index (κ1) is 40.4. The van der Waals surface area contributed by atoms with Crippen LogP contribution in [0.25, 0.3) is 32.7 Å². The maximum atomic E-state index is 3.34. The van der Waals surface area contributed by atoms with Gasteiger partial charge in [0.05, 0.1) is 6.04 Å². The number of fused-ring (bicyclic) bond motifs is 4. The Hall–Kier alpha value is -5.76. The molecule has 2 aliphatic carbocycles. The Morgan fingerprint density at radius 1 is 0.534 bits per heavy atom. The van der Waals surface area contributed by atoms with Crippen LogP contribution in [-0.2, 0) is 37.1 Å². The first-order valence-corrected chi connectivity index (χ1v) is 22.1. The van der Waals surface area contributed by atoms with E-state index >= 15 is 0 Å². The van der Waals surface area contributed by atoms with Crippen molar-refractivity contribution in [3.05, 3.63) is 235 Å². The number of hydrogen-bond acceptors (Lipinski definition) is 2. The van der Waals surface area contributed by atoms with Crippen LogP contribution in [0.5, 0.6) is 0 Å². The fourth-order valence-electron chi connectivity index (χ4n) is 8.37. The number of benzene rings is 6. The van der Waals surface area contributed by atoms with Crippen molar-refractivity contribution < 1.29 is 24.2 Å². The summed E-state index contributed by atoms with van der Waals surface area (Å²) in [6.07, 6.45) is 6.88. The van der Waals surface area contributed by atoms with Gasteiger partial charge >= 0.3 is 28.4 Å². The van der Waals surface area contributed by atoms with Gasteiger partial charge in [-0.25, -0.2) is 0 Å². The largest absolute Gasteiger partial charge is 0.168 e. The first-order chi connectivity index (χ1) is 28.7. The standard InChI is InChI=1S/C36H35N2.2C9H7.CH2.Zr/c1-3-37(29-17-7-5-8-18-29)35(33-25-23-27-15-11-13-21-31(27)33)36(38(4-2)30-19-9-6-10-20-30)34-26-24-28-16-12-14-22-32(28)34;2*1-2-5-9-7-3-6-8(9)4-1;;/h5-22,25-26,35H,3-4,23-24H2,1-2H3;2*1-7H;1H2;/q3*-1;;. The predicted molar refractivity (Wildman–Crippen MR) is 248 cm³/mol. The van der Waals surface area contributed by atoms with Crippen molar-refractivity contribution in [1.29, 1.82) is 0 Å². The van der Waals surface area contributed by atoms with Crippen LogP contribution in [0.4, 0.5) is 11.4 Å². The second-order valence-corrected chi connectivity index (χ2v) is 14.3. The Morgan fingerprint density at radius 2 is 1.02 bits per heavy atom. The van der Waals surface area contributed by atoms with Crippen LogP contribution in [0.3, 0.4) is 0 Å². The fraction of sp³-hybridized carbons (Fsp3) is 0.127. The first-order valence-electron chi connectivity index (χ1n) is 20.4. The van der Waals surface area contributed by atoms with Crippen LogP contribution in [0.15, 0.2) is 206 Å². The number of para-hydroxylation sites is 2. The van der Waals surface area contributed by atoms with Crippen LogP contribution in [0.2, 0.25) is 0 Å². The summed E-state index contributed by atoms with van der Waals surface area (Å²) in [5, 5.41) is 5.32. The van der Waals surface area contributed by atoms with Gasteiger partial charge in [-0.3, -0.25) is 0 Å². The molecule has 1 unspecified atom stereocenters. The van der Waals surface area contributed by atoms with E-state index in [1.807, 2.05) is 0 Å². The van der Waals surface area contributed by atoms with Crippen molar-refractivity contribution in [2.45, 2.75) is 32.7 Å². The molecular formula is C55H51N2Zr-3. The van der Waals surface area contributed by atoms with Crippen molar-refractivity contribution in [3.63, 3.8) is 0 Å². The quantitative estimate of drug-likeness (QED) is 0.134. The molecule has 0 bridgehead atoms. The zero-order valence-corrected chi connectivity index (χ0v) is 36.1. The van der Waals surface area contributed by atoms with Gasteiger partial charge in [0.2, 0.25) is 0 Å². The monoisotopic (exact) mass is 829 g/mol. The summed E-state index contributed by atoms with van der Waals surface area (Å²) < 4.78 is 3.34. The summed E-state index contributed by atoms with van der Waals surface area (Å²) in [7, 11) is 0.